The van der Waals surface area contributed by atoms with Crippen molar-refractivity contribution >= 4 is 17.9 Å². The fraction of sp³-hybridized carbons (Fsp3) is 0.815. The Morgan fingerprint density at radius 1 is 1.03 bits per heavy atom. The Bertz CT molecular complexity index is 832. The third-order valence-electron chi connectivity index (χ3n) is 9.58. The number of hydrogen-bond donors (Lipinski definition) is 0. The van der Waals surface area contributed by atoms with Crippen LogP contribution in [0.25, 0.3) is 0 Å². The fourth-order valence-corrected chi connectivity index (χ4v) is 8.29. The summed E-state index contributed by atoms with van der Waals surface area (Å²) in [6.45, 7) is 9.35. The maximum atomic E-state index is 11.8. The van der Waals surface area contributed by atoms with Gasteiger partial charge < -0.3 is 14.2 Å². The predicted octanol–water partition coefficient (Wildman–Crippen LogP) is 4.99. The van der Waals surface area contributed by atoms with Gasteiger partial charge in [0, 0.05) is 32.1 Å². The predicted molar refractivity (Wildman–Crippen MR) is 123 cm³/mol. The van der Waals surface area contributed by atoms with Crippen molar-refractivity contribution in [2.45, 2.75) is 98.2 Å². The van der Waals surface area contributed by atoms with Gasteiger partial charge in [0.1, 0.15) is 12.2 Å². The molecule has 0 heterocycles. The van der Waals surface area contributed by atoms with E-state index in [1.165, 1.54) is 20.8 Å². The van der Waals surface area contributed by atoms with E-state index >= 15 is 0 Å². The summed E-state index contributed by atoms with van der Waals surface area (Å²) >= 11 is 0. The second-order valence-corrected chi connectivity index (χ2v) is 11.3. The highest BCUT2D eigenvalue weighted by atomic mass is 16.5. The number of rotatable bonds is 5. The van der Waals surface area contributed by atoms with E-state index in [9.17, 15) is 14.4 Å². The third-order valence-corrected chi connectivity index (χ3v) is 9.58. The average Bonchev–Trinajstić information content (AvgIpc) is 3.08. The Morgan fingerprint density at radius 2 is 1.79 bits per heavy atom. The van der Waals surface area contributed by atoms with Crippen molar-refractivity contribution in [2.24, 2.45) is 34.5 Å². The number of ether oxygens (including phenoxy) is 3. The van der Waals surface area contributed by atoms with Crippen LogP contribution in [0.1, 0.15) is 86.0 Å². The van der Waals surface area contributed by atoms with E-state index in [0.29, 0.717) is 30.3 Å². The Hall–Kier alpha value is -1.85. The summed E-state index contributed by atoms with van der Waals surface area (Å²) < 4.78 is 17.0. The van der Waals surface area contributed by atoms with Gasteiger partial charge in [0.25, 0.3) is 0 Å². The Kier molecular flexibility index (Phi) is 6.67. The highest BCUT2D eigenvalue weighted by Crippen LogP contribution is 2.66. The quantitative estimate of drug-likeness (QED) is 0.327. The third kappa shape index (κ3) is 4.35. The molecule has 4 aliphatic rings. The summed E-state index contributed by atoms with van der Waals surface area (Å²) in [5.74, 6) is 1.03. The lowest BCUT2D eigenvalue weighted by Gasteiger charge is -2.60. The molecule has 0 N–H and O–H groups in total. The standard InChI is InChI=1S/C27H40O6/c1-16(32-18(3)29)23-8-9-24-22-7-6-20-14-21(33-19(4)30)10-13-27(20,15-31-17(2)28)25(22)11-12-26(23,24)5/h9,16,20-23,25H,6-8,10-15H2,1-5H3/t16-,20-,21-,22-,23+,25-,26+,27+/m0/s1. The zero-order valence-corrected chi connectivity index (χ0v) is 20.9. The van der Waals surface area contributed by atoms with Crippen LogP contribution in [-0.4, -0.2) is 36.7 Å². The van der Waals surface area contributed by atoms with Gasteiger partial charge in [-0.05, 0) is 81.5 Å². The monoisotopic (exact) mass is 460 g/mol. The number of allylic oxidation sites excluding steroid dienone is 2. The van der Waals surface area contributed by atoms with E-state index in [4.69, 9.17) is 14.2 Å². The van der Waals surface area contributed by atoms with Gasteiger partial charge in [-0.2, -0.15) is 0 Å². The average molecular weight is 461 g/mol. The molecule has 33 heavy (non-hydrogen) atoms. The van der Waals surface area contributed by atoms with Gasteiger partial charge in [-0.15, -0.1) is 0 Å². The number of esters is 3. The molecule has 4 rings (SSSR count). The van der Waals surface area contributed by atoms with E-state index in [-0.39, 0.29) is 40.9 Å². The highest BCUT2D eigenvalue weighted by Gasteiger charge is 2.60. The summed E-state index contributed by atoms with van der Waals surface area (Å²) in [6, 6.07) is 0. The molecule has 0 aliphatic heterocycles. The zero-order chi connectivity index (χ0) is 24.0. The van der Waals surface area contributed by atoms with Gasteiger partial charge in [-0.3, -0.25) is 14.4 Å². The maximum Gasteiger partial charge on any atom is 0.302 e. The first kappa shape index (κ1) is 24.3. The lowest BCUT2D eigenvalue weighted by atomic mass is 9.45. The first-order valence-electron chi connectivity index (χ1n) is 12.7. The van der Waals surface area contributed by atoms with Crippen LogP contribution >= 0.6 is 0 Å². The van der Waals surface area contributed by atoms with Crippen LogP contribution in [-0.2, 0) is 28.6 Å². The molecule has 0 aromatic heterocycles. The van der Waals surface area contributed by atoms with E-state index in [1.807, 2.05) is 6.92 Å². The molecule has 6 heteroatoms. The molecule has 3 fully saturated rings. The smallest absolute Gasteiger partial charge is 0.302 e. The topological polar surface area (TPSA) is 78.9 Å². The molecular weight excluding hydrogens is 420 g/mol. The molecule has 0 saturated heterocycles. The number of fused-ring (bicyclic) bond motifs is 5. The molecule has 0 aromatic rings. The van der Waals surface area contributed by atoms with Gasteiger partial charge in [-0.1, -0.05) is 18.6 Å². The van der Waals surface area contributed by atoms with Crippen molar-refractivity contribution in [3.8, 4) is 0 Å². The Labute approximate surface area is 197 Å². The summed E-state index contributed by atoms with van der Waals surface area (Å²) in [4.78, 5) is 35.0. The van der Waals surface area contributed by atoms with Crippen molar-refractivity contribution in [3.63, 3.8) is 0 Å². The molecule has 184 valence electrons. The molecule has 8 atom stereocenters. The molecule has 0 unspecified atom stereocenters. The van der Waals surface area contributed by atoms with Crippen LogP contribution in [0.3, 0.4) is 0 Å². The second-order valence-electron chi connectivity index (χ2n) is 11.3. The van der Waals surface area contributed by atoms with Gasteiger partial charge in [0.15, 0.2) is 0 Å². The Balaban J connectivity index is 1.59. The van der Waals surface area contributed by atoms with Crippen LogP contribution in [0.4, 0.5) is 0 Å². The van der Waals surface area contributed by atoms with Crippen molar-refractivity contribution in [3.05, 3.63) is 11.6 Å². The normalized spacial score (nSPS) is 40.4. The first-order valence-corrected chi connectivity index (χ1v) is 12.7. The Morgan fingerprint density at radius 3 is 2.45 bits per heavy atom. The summed E-state index contributed by atoms with van der Waals surface area (Å²) in [5, 5.41) is 0. The van der Waals surface area contributed by atoms with Crippen LogP contribution in [0.2, 0.25) is 0 Å². The molecular formula is C27H40O6. The molecule has 6 nitrogen and oxygen atoms in total. The molecule has 3 saturated carbocycles. The number of hydrogen-bond acceptors (Lipinski definition) is 6. The first-order chi connectivity index (χ1) is 15.6. The van der Waals surface area contributed by atoms with E-state index in [2.05, 4.69) is 13.0 Å². The summed E-state index contributed by atoms with van der Waals surface area (Å²) in [6.07, 6.45) is 10.3. The van der Waals surface area contributed by atoms with Crippen molar-refractivity contribution in [1.82, 2.24) is 0 Å². The molecule has 0 spiro atoms. The molecule has 4 aliphatic carbocycles. The minimum Gasteiger partial charge on any atom is -0.465 e. The lowest BCUT2D eigenvalue weighted by molar-refractivity contribution is -0.171. The largest absolute Gasteiger partial charge is 0.465 e. The van der Waals surface area contributed by atoms with Crippen molar-refractivity contribution < 1.29 is 28.6 Å². The molecule has 0 amide bonds. The highest BCUT2D eigenvalue weighted by molar-refractivity contribution is 5.66. The minimum absolute atomic E-state index is 0.0250. The summed E-state index contributed by atoms with van der Waals surface area (Å²) in [7, 11) is 0. The van der Waals surface area contributed by atoms with Gasteiger partial charge in [-0.25, -0.2) is 0 Å². The van der Waals surface area contributed by atoms with Gasteiger partial charge in [0.05, 0.1) is 6.61 Å². The fourth-order valence-electron chi connectivity index (χ4n) is 8.29. The maximum absolute atomic E-state index is 11.8. The number of carbonyl (C=O) groups is 3. The van der Waals surface area contributed by atoms with Gasteiger partial charge >= 0.3 is 17.9 Å². The van der Waals surface area contributed by atoms with E-state index in [1.54, 1.807) is 5.57 Å². The van der Waals surface area contributed by atoms with Crippen molar-refractivity contribution in [2.75, 3.05) is 6.61 Å². The van der Waals surface area contributed by atoms with Crippen molar-refractivity contribution in [1.29, 1.82) is 0 Å². The SMILES string of the molecule is CC(=O)OC[C@]12CC[C@H](OC(C)=O)C[C@@H]1CC[C@H]1C3=CC[C@H]([C@H](C)OC(C)=O)[C@@]3(C)CC[C@@H]12. The van der Waals surface area contributed by atoms with Crippen LogP contribution in [0.15, 0.2) is 11.6 Å². The lowest BCUT2D eigenvalue weighted by Crippen LogP contribution is -2.56. The number of carbonyl (C=O) groups excluding carboxylic acids is 3. The summed E-state index contributed by atoms with van der Waals surface area (Å²) in [5.41, 5.74) is 1.55. The molecule has 0 aromatic carbocycles. The van der Waals surface area contributed by atoms with Gasteiger partial charge in [0.2, 0.25) is 0 Å². The van der Waals surface area contributed by atoms with Crippen LogP contribution in [0.5, 0.6) is 0 Å². The molecule has 0 bridgehead atoms. The zero-order valence-electron chi connectivity index (χ0n) is 20.9. The molecule has 0 radical (unpaired) electrons. The van der Waals surface area contributed by atoms with E-state index in [0.717, 1.165) is 51.4 Å². The van der Waals surface area contributed by atoms with E-state index < -0.39 is 0 Å². The second kappa shape index (κ2) is 9.07. The van der Waals surface area contributed by atoms with Crippen LogP contribution in [0, 0.1) is 34.5 Å². The van der Waals surface area contributed by atoms with Crippen LogP contribution < -0.4 is 0 Å². The minimum atomic E-state index is -0.219.